The van der Waals surface area contributed by atoms with E-state index in [9.17, 15) is 13.5 Å². The molecule has 1 aliphatic rings. The van der Waals surface area contributed by atoms with Gasteiger partial charge < -0.3 is 10.0 Å². The van der Waals surface area contributed by atoms with Crippen LogP contribution in [0.2, 0.25) is 5.02 Å². The molecule has 0 unspecified atom stereocenters. The van der Waals surface area contributed by atoms with Gasteiger partial charge in [-0.05, 0) is 24.6 Å². The fourth-order valence-corrected chi connectivity index (χ4v) is 3.50. The fraction of sp³-hybridized carbons (Fsp3) is 0.500. The van der Waals surface area contributed by atoms with Crippen molar-refractivity contribution in [1.29, 1.82) is 0 Å². The molecule has 0 spiro atoms. The zero-order valence-electron chi connectivity index (χ0n) is 10.1. The van der Waals surface area contributed by atoms with E-state index in [1.807, 2.05) is 17.0 Å². The third-order valence-corrected chi connectivity index (χ3v) is 5.05. The van der Waals surface area contributed by atoms with E-state index in [4.69, 9.17) is 11.6 Å². The second-order valence-corrected chi connectivity index (χ2v) is 7.24. The summed E-state index contributed by atoms with van der Waals surface area (Å²) >= 11 is 6.18. The normalized spacial score (nSPS) is 20.7. The molecule has 1 fully saturated rings. The molecule has 1 saturated heterocycles. The van der Waals surface area contributed by atoms with Crippen LogP contribution in [0.3, 0.4) is 0 Å². The van der Waals surface area contributed by atoms with Crippen LogP contribution in [0.5, 0.6) is 0 Å². The number of sulfone groups is 1. The highest BCUT2D eigenvalue weighted by Gasteiger charge is 2.23. The van der Waals surface area contributed by atoms with Crippen LogP contribution in [0.4, 0.5) is 5.69 Å². The fourth-order valence-electron chi connectivity index (χ4n) is 1.99. The van der Waals surface area contributed by atoms with Crippen LogP contribution in [-0.2, 0) is 9.84 Å². The van der Waals surface area contributed by atoms with Crippen LogP contribution >= 0.6 is 11.6 Å². The van der Waals surface area contributed by atoms with Crippen molar-refractivity contribution in [2.24, 2.45) is 0 Å². The summed E-state index contributed by atoms with van der Waals surface area (Å²) in [5.41, 5.74) is 1.59. The Balaban J connectivity index is 2.20. The smallest absolute Gasteiger partial charge is 0.153 e. The van der Waals surface area contributed by atoms with Crippen molar-refractivity contribution in [3.8, 4) is 0 Å². The summed E-state index contributed by atoms with van der Waals surface area (Å²) < 4.78 is 22.7. The van der Waals surface area contributed by atoms with Crippen molar-refractivity contribution < 1.29 is 13.5 Å². The molecule has 1 N–H and O–H groups in total. The van der Waals surface area contributed by atoms with Gasteiger partial charge in [0, 0.05) is 13.1 Å². The van der Waals surface area contributed by atoms with E-state index in [0.717, 1.165) is 11.3 Å². The summed E-state index contributed by atoms with van der Waals surface area (Å²) in [4.78, 5) is 1.97. The highest BCUT2D eigenvalue weighted by molar-refractivity contribution is 7.91. The van der Waals surface area contributed by atoms with E-state index >= 15 is 0 Å². The largest absolute Gasteiger partial charge is 0.389 e. The molecule has 0 bridgehead atoms. The number of aliphatic hydroxyl groups is 1. The highest BCUT2D eigenvalue weighted by Crippen LogP contribution is 2.29. The van der Waals surface area contributed by atoms with Crippen LogP contribution in [0.25, 0.3) is 0 Å². The Morgan fingerprint density at radius 1 is 1.33 bits per heavy atom. The molecule has 0 aromatic heterocycles. The van der Waals surface area contributed by atoms with E-state index in [1.54, 1.807) is 13.0 Å². The van der Waals surface area contributed by atoms with Gasteiger partial charge in [-0.2, -0.15) is 0 Å². The summed E-state index contributed by atoms with van der Waals surface area (Å²) in [7, 11) is -2.88. The van der Waals surface area contributed by atoms with E-state index in [1.165, 1.54) is 0 Å². The minimum Gasteiger partial charge on any atom is -0.389 e. The van der Waals surface area contributed by atoms with Crippen molar-refractivity contribution in [3.63, 3.8) is 0 Å². The zero-order valence-corrected chi connectivity index (χ0v) is 11.7. The number of benzene rings is 1. The van der Waals surface area contributed by atoms with Crippen LogP contribution in [0, 0.1) is 0 Å². The van der Waals surface area contributed by atoms with Gasteiger partial charge in [-0.3, -0.25) is 0 Å². The first-order valence-corrected chi connectivity index (χ1v) is 8.02. The predicted molar refractivity (Wildman–Crippen MR) is 73.0 cm³/mol. The monoisotopic (exact) mass is 289 g/mol. The molecular formula is C12H16ClNO3S. The number of rotatable bonds is 2. The SMILES string of the molecule is C[C@@H](O)c1ccc(N2CCS(=O)(=O)CC2)c(Cl)c1. The van der Waals surface area contributed by atoms with Crippen molar-refractivity contribution in [2.75, 3.05) is 29.5 Å². The van der Waals surface area contributed by atoms with Gasteiger partial charge in [0.15, 0.2) is 9.84 Å². The number of aliphatic hydroxyl groups excluding tert-OH is 1. The van der Waals surface area contributed by atoms with E-state index in [0.29, 0.717) is 18.1 Å². The topological polar surface area (TPSA) is 57.6 Å². The third kappa shape index (κ3) is 2.96. The van der Waals surface area contributed by atoms with Gasteiger partial charge in [0.1, 0.15) is 0 Å². The predicted octanol–water partition coefficient (Wildman–Crippen LogP) is 1.63. The number of halogens is 1. The Morgan fingerprint density at radius 3 is 2.44 bits per heavy atom. The third-order valence-electron chi connectivity index (χ3n) is 3.14. The van der Waals surface area contributed by atoms with E-state index in [2.05, 4.69) is 0 Å². The molecule has 0 aliphatic carbocycles. The maximum Gasteiger partial charge on any atom is 0.153 e. The first kappa shape index (κ1) is 13.6. The average molecular weight is 290 g/mol. The standard InChI is InChI=1S/C12H16ClNO3S/c1-9(15)10-2-3-12(11(13)8-10)14-4-6-18(16,17)7-5-14/h2-3,8-9,15H,4-7H2,1H3/t9-/m1/s1. The molecule has 18 heavy (non-hydrogen) atoms. The quantitative estimate of drug-likeness (QED) is 0.899. The maximum atomic E-state index is 11.4. The van der Waals surface area contributed by atoms with Crippen LogP contribution in [0.1, 0.15) is 18.6 Å². The van der Waals surface area contributed by atoms with E-state index in [-0.39, 0.29) is 11.5 Å². The Morgan fingerprint density at radius 2 is 1.94 bits per heavy atom. The van der Waals surface area contributed by atoms with E-state index < -0.39 is 15.9 Å². The van der Waals surface area contributed by atoms with Gasteiger partial charge in [0.2, 0.25) is 0 Å². The highest BCUT2D eigenvalue weighted by atomic mass is 35.5. The molecule has 1 aliphatic heterocycles. The molecule has 1 heterocycles. The second kappa shape index (κ2) is 5.07. The van der Waals surface area contributed by atoms with Gasteiger partial charge in [-0.25, -0.2) is 8.42 Å². The molecule has 100 valence electrons. The lowest BCUT2D eigenvalue weighted by Crippen LogP contribution is -2.40. The summed E-state index contributed by atoms with van der Waals surface area (Å²) in [6, 6.07) is 5.38. The maximum absolute atomic E-state index is 11.4. The minimum absolute atomic E-state index is 0.168. The first-order valence-electron chi connectivity index (χ1n) is 5.82. The Hall–Kier alpha value is -0.780. The van der Waals surface area contributed by atoms with Gasteiger partial charge in [-0.1, -0.05) is 17.7 Å². The number of hydrogen-bond acceptors (Lipinski definition) is 4. The lowest BCUT2D eigenvalue weighted by Gasteiger charge is -2.29. The van der Waals surface area contributed by atoms with Gasteiger partial charge in [-0.15, -0.1) is 0 Å². The summed E-state index contributed by atoms with van der Waals surface area (Å²) in [6.45, 7) is 2.62. The van der Waals surface area contributed by atoms with Gasteiger partial charge in [0.05, 0.1) is 28.3 Å². The van der Waals surface area contributed by atoms with Crippen molar-refractivity contribution in [2.45, 2.75) is 13.0 Å². The summed E-state index contributed by atoms with van der Waals surface area (Å²) in [6.07, 6.45) is -0.557. The van der Waals surface area contributed by atoms with Crippen molar-refractivity contribution in [3.05, 3.63) is 28.8 Å². The van der Waals surface area contributed by atoms with Crippen LogP contribution in [0.15, 0.2) is 18.2 Å². The lowest BCUT2D eigenvalue weighted by atomic mass is 10.1. The Bertz CT molecular complexity index is 528. The Kier molecular flexibility index (Phi) is 3.84. The van der Waals surface area contributed by atoms with Crippen LogP contribution in [-0.4, -0.2) is 38.1 Å². The van der Waals surface area contributed by atoms with Crippen LogP contribution < -0.4 is 4.90 Å². The van der Waals surface area contributed by atoms with Gasteiger partial charge in [0.25, 0.3) is 0 Å². The molecule has 0 radical (unpaired) electrons. The lowest BCUT2D eigenvalue weighted by molar-refractivity contribution is 0.199. The van der Waals surface area contributed by atoms with Crippen molar-refractivity contribution >= 4 is 27.1 Å². The second-order valence-electron chi connectivity index (χ2n) is 4.53. The molecule has 2 rings (SSSR count). The van der Waals surface area contributed by atoms with Gasteiger partial charge >= 0.3 is 0 Å². The molecule has 0 amide bonds. The Labute approximate surface area is 112 Å². The summed E-state index contributed by atoms with van der Waals surface area (Å²) in [5.74, 6) is 0.336. The molecule has 6 heteroatoms. The number of anilines is 1. The molecule has 4 nitrogen and oxygen atoms in total. The molecule has 1 aromatic carbocycles. The number of nitrogens with zero attached hydrogens (tertiary/aromatic N) is 1. The first-order chi connectivity index (χ1) is 8.39. The molecular weight excluding hydrogens is 274 g/mol. The molecule has 0 saturated carbocycles. The zero-order chi connectivity index (χ0) is 13.3. The molecule has 1 atom stereocenters. The van der Waals surface area contributed by atoms with Crippen molar-refractivity contribution in [1.82, 2.24) is 0 Å². The molecule has 1 aromatic rings. The average Bonchev–Trinajstić information content (AvgIpc) is 2.29. The number of hydrogen-bond donors (Lipinski definition) is 1. The summed E-state index contributed by atoms with van der Waals surface area (Å²) in [5, 5.41) is 10.0. The minimum atomic E-state index is -2.88.